The van der Waals surface area contributed by atoms with Gasteiger partial charge in [0.1, 0.15) is 0 Å². The highest BCUT2D eigenvalue weighted by Crippen LogP contribution is 2.21. The lowest BCUT2D eigenvalue weighted by molar-refractivity contribution is -0.138. The van der Waals surface area contributed by atoms with Gasteiger partial charge in [0, 0.05) is 25.7 Å². The first kappa shape index (κ1) is 17.8. The van der Waals surface area contributed by atoms with Crippen LogP contribution in [-0.4, -0.2) is 52.6 Å². The number of rotatable bonds is 8. The Bertz CT molecular complexity index is 325. The number of piperidine rings is 1. The summed E-state index contributed by atoms with van der Waals surface area (Å²) in [6.07, 6.45) is 7.03. The molecule has 0 aliphatic carbocycles. The summed E-state index contributed by atoms with van der Waals surface area (Å²) in [6.45, 7) is 6.51. The fourth-order valence-corrected chi connectivity index (χ4v) is 2.85. The van der Waals surface area contributed by atoms with E-state index in [2.05, 4.69) is 13.8 Å². The molecule has 1 unspecified atom stereocenters. The van der Waals surface area contributed by atoms with Gasteiger partial charge in [0.2, 0.25) is 0 Å². The number of hydrogen-bond donors (Lipinski definition) is 1. The van der Waals surface area contributed by atoms with Crippen LogP contribution in [0.4, 0.5) is 4.79 Å². The molecule has 1 fully saturated rings. The molecule has 1 heterocycles. The molecule has 0 saturated carbocycles. The highest BCUT2D eigenvalue weighted by molar-refractivity contribution is 5.76. The number of carboxylic acids is 1. The minimum absolute atomic E-state index is 0.0443. The highest BCUT2D eigenvalue weighted by Gasteiger charge is 2.30. The molecule has 5 nitrogen and oxygen atoms in total. The molecular weight excluding hydrogens is 268 g/mol. The normalized spacial score (nSPS) is 18.6. The van der Waals surface area contributed by atoms with E-state index in [4.69, 9.17) is 5.11 Å². The van der Waals surface area contributed by atoms with Gasteiger partial charge < -0.3 is 14.9 Å². The number of hydrogen-bond acceptors (Lipinski definition) is 2. The van der Waals surface area contributed by atoms with Gasteiger partial charge >= 0.3 is 12.0 Å². The van der Waals surface area contributed by atoms with Crippen molar-refractivity contribution < 1.29 is 14.7 Å². The third-order valence-corrected chi connectivity index (χ3v) is 4.12. The first-order valence-corrected chi connectivity index (χ1v) is 8.37. The number of aliphatic carboxylic acids is 1. The summed E-state index contributed by atoms with van der Waals surface area (Å²) >= 11 is 0. The Morgan fingerprint density at radius 3 is 2.29 bits per heavy atom. The van der Waals surface area contributed by atoms with Crippen LogP contribution in [0, 0.1) is 0 Å². The Balaban J connectivity index is 2.69. The van der Waals surface area contributed by atoms with E-state index >= 15 is 0 Å². The maximum Gasteiger partial charge on any atom is 0.320 e. The Morgan fingerprint density at radius 1 is 1.14 bits per heavy atom. The zero-order chi connectivity index (χ0) is 15.7. The van der Waals surface area contributed by atoms with Crippen LogP contribution in [0.1, 0.15) is 65.2 Å². The van der Waals surface area contributed by atoms with E-state index in [1.165, 1.54) is 0 Å². The van der Waals surface area contributed by atoms with Gasteiger partial charge in [0.25, 0.3) is 0 Å². The Hall–Kier alpha value is -1.26. The maximum atomic E-state index is 12.8. The molecule has 0 radical (unpaired) electrons. The average Bonchev–Trinajstić information content (AvgIpc) is 2.47. The zero-order valence-corrected chi connectivity index (χ0v) is 13.5. The average molecular weight is 298 g/mol. The molecule has 0 aromatic carbocycles. The number of carbonyl (C=O) groups is 2. The summed E-state index contributed by atoms with van der Waals surface area (Å²) in [5, 5.41) is 9.04. The van der Waals surface area contributed by atoms with E-state index in [1.54, 1.807) is 0 Å². The van der Waals surface area contributed by atoms with E-state index in [0.29, 0.717) is 6.54 Å². The summed E-state index contributed by atoms with van der Waals surface area (Å²) in [4.78, 5) is 27.5. The summed E-state index contributed by atoms with van der Waals surface area (Å²) in [5.41, 5.74) is 0. The lowest BCUT2D eigenvalue weighted by atomic mass is 10.00. The summed E-state index contributed by atoms with van der Waals surface area (Å²) in [7, 11) is 0. The number of nitrogens with zero attached hydrogens (tertiary/aromatic N) is 2. The summed E-state index contributed by atoms with van der Waals surface area (Å²) < 4.78 is 0. The van der Waals surface area contributed by atoms with E-state index in [9.17, 15) is 9.59 Å². The Morgan fingerprint density at radius 2 is 1.76 bits per heavy atom. The lowest BCUT2D eigenvalue weighted by Crippen LogP contribution is -2.51. The van der Waals surface area contributed by atoms with Gasteiger partial charge in [-0.2, -0.15) is 0 Å². The fourth-order valence-electron chi connectivity index (χ4n) is 2.85. The predicted molar refractivity (Wildman–Crippen MR) is 83.4 cm³/mol. The molecule has 1 N–H and O–H groups in total. The molecular formula is C16H30N2O3. The van der Waals surface area contributed by atoms with E-state index in [0.717, 1.165) is 58.0 Å². The first-order chi connectivity index (χ1) is 10.1. The largest absolute Gasteiger partial charge is 0.481 e. The van der Waals surface area contributed by atoms with Crippen molar-refractivity contribution in [3.8, 4) is 0 Å². The molecule has 0 bridgehead atoms. The van der Waals surface area contributed by atoms with Crippen LogP contribution in [0.15, 0.2) is 0 Å². The monoisotopic (exact) mass is 298 g/mol. The maximum absolute atomic E-state index is 12.8. The van der Waals surface area contributed by atoms with E-state index in [-0.39, 0.29) is 18.5 Å². The molecule has 21 heavy (non-hydrogen) atoms. The van der Waals surface area contributed by atoms with Crippen molar-refractivity contribution in [1.29, 1.82) is 0 Å². The minimum atomic E-state index is -0.812. The molecule has 5 heteroatoms. The Labute approximate surface area is 128 Å². The SMILES string of the molecule is CCCCN(CCCC)C(=O)N1CCCCC1CC(=O)O. The van der Waals surface area contributed by atoms with Crippen LogP contribution >= 0.6 is 0 Å². The molecule has 1 rings (SSSR count). The lowest BCUT2D eigenvalue weighted by Gasteiger charge is -2.38. The van der Waals surface area contributed by atoms with Gasteiger partial charge in [-0.25, -0.2) is 4.79 Å². The van der Waals surface area contributed by atoms with Crippen LogP contribution in [-0.2, 0) is 4.79 Å². The van der Waals surface area contributed by atoms with Crippen LogP contribution in [0.3, 0.4) is 0 Å². The smallest absolute Gasteiger partial charge is 0.320 e. The van der Waals surface area contributed by atoms with Crippen molar-refractivity contribution >= 4 is 12.0 Å². The van der Waals surface area contributed by atoms with Crippen molar-refractivity contribution in [2.75, 3.05) is 19.6 Å². The van der Waals surface area contributed by atoms with Crippen molar-refractivity contribution in [2.24, 2.45) is 0 Å². The van der Waals surface area contributed by atoms with E-state index < -0.39 is 5.97 Å². The van der Waals surface area contributed by atoms with Crippen molar-refractivity contribution in [2.45, 2.75) is 71.3 Å². The second-order valence-corrected chi connectivity index (χ2v) is 5.92. The van der Waals surface area contributed by atoms with Gasteiger partial charge in [-0.1, -0.05) is 26.7 Å². The molecule has 0 aromatic heterocycles. The third kappa shape index (κ3) is 5.94. The van der Waals surface area contributed by atoms with E-state index in [1.807, 2.05) is 9.80 Å². The van der Waals surface area contributed by atoms with Gasteiger partial charge in [0.05, 0.1) is 6.42 Å². The quantitative estimate of drug-likeness (QED) is 0.747. The second kappa shape index (κ2) is 9.64. The van der Waals surface area contributed by atoms with Gasteiger partial charge in [-0.05, 0) is 32.1 Å². The van der Waals surface area contributed by atoms with Crippen molar-refractivity contribution in [3.63, 3.8) is 0 Å². The molecule has 0 spiro atoms. The number of carboxylic acid groups (broad SMARTS) is 1. The summed E-state index contributed by atoms with van der Waals surface area (Å²) in [5.74, 6) is -0.812. The molecule has 1 aliphatic heterocycles. The Kier molecular flexibility index (Phi) is 8.16. The number of amides is 2. The van der Waals surface area contributed by atoms with Crippen LogP contribution in [0.2, 0.25) is 0 Å². The van der Waals surface area contributed by atoms with Crippen LogP contribution in [0.25, 0.3) is 0 Å². The molecule has 0 aromatic rings. The molecule has 1 saturated heterocycles. The number of likely N-dealkylation sites (tertiary alicyclic amines) is 1. The van der Waals surface area contributed by atoms with Gasteiger partial charge in [-0.3, -0.25) is 4.79 Å². The van der Waals surface area contributed by atoms with Crippen molar-refractivity contribution in [3.05, 3.63) is 0 Å². The molecule has 2 amide bonds. The van der Waals surface area contributed by atoms with Gasteiger partial charge in [0.15, 0.2) is 0 Å². The highest BCUT2D eigenvalue weighted by atomic mass is 16.4. The van der Waals surface area contributed by atoms with Crippen LogP contribution in [0.5, 0.6) is 0 Å². The standard InChI is InChI=1S/C16H30N2O3/c1-3-5-10-17(11-6-4-2)16(21)18-12-8-7-9-14(18)13-15(19)20/h14H,3-13H2,1-2H3,(H,19,20). The van der Waals surface area contributed by atoms with Gasteiger partial charge in [-0.15, -0.1) is 0 Å². The van der Waals surface area contributed by atoms with Crippen molar-refractivity contribution in [1.82, 2.24) is 9.80 Å². The molecule has 122 valence electrons. The third-order valence-electron chi connectivity index (χ3n) is 4.12. The number of unbranched alkanes of at least 4 members (excludes halogenated alkanes) is 2. The zero-order valence-electron chi connectivity index (χ0n) is 13.5. The predicted octanol–water partition coefficient (Wildman–Crippen LogP) is 3.34. The minimum Gasteiger partial charge on any atom is -0.481 e. The topological polar surface area (TPSA) is 60.9 Å². The molecule has 1 aliphatic rings. The molecule has 1 atom stereocenters. The number of carbonyl (C=O) groups excluding carboxylic acids is 1. The fraction of sp³-hybridized carbons (Fsp3) is 0.875. The first-order valence-electron chi connectivity index (χ1n) is 8.37. The summed E-state index contributed by atoms with van der Waals surface area (Å²) in [6, 6.07) is -0.0858. The van der Waals surface area contributed by atoms with Crippen LogP contribution < -0.4 is 0 Å². The second-order valence-electron chi connectivity index (χ2n) is 5.92. The number of urea groups is 1.